The molecule has 0 fully saturated rings. The average Bonchev–Trinajstić information content (AvgIpc) is 2.34. The summed E-state index contributed by atoms with van der Waals surface area (Å²) >= 11 is 3.33. The quantitative estimate of drug-likeness (QED) is 0.912. The number of ether oxygens (including phenoxy) is 1. The lowest BCUT2D eigenvalue weighted by Crippen LogP contribution is -2.06. The molecule has 1 atom stereocenters. The number of hydrogen-bond acceptors (Lipinski definition) is 2. The van der Waals surface area contributed by atoms with Crippen molar-refractivity contribution in [1.29, 1.82) is 0 Å². The summed E-state index contributed by atoms with van der Waals surface area (Å²) in [6.45, 7) is 1.88. The highest BCUT2D eigenvalue weighted by atomic mass is 79.9. The fraction of sp³-hybridized carbons (Fsp3) is 0.143. The van der Waals surface area contributed by atoms with Crippen LogP contribution in [0.1, 0.15) is 18.5 Å². The number of para-hydroxylation sites is 1. The van der Waals surface area contributed by atoms with Crippen molar-refractivity contribution in [3.63, 3.8) is 0 Å². The van der Waals surface area contributed by atoms with Crippen LogP contribution < -0.4 is 10.5 Å². The lowest BCUT2D eigenvalue weighted by molar-refractivity contribution is 0.464. The SMILES string of the molecule is CC(N)c1ccccc1Oc1cc(F)ccc1Br. The van der Waals surface area contributed by atoms with E-state index in [9.17, 15) is 4.39 Å². The largest absolute Gasteiger partial charge is 0.456 e. The summed E-state index contributed by atoms with van der Waals surface area (Å²) in [5, 5.41) is 0. The van der Waals surface area contributed by atoms with Gasteiger partial charge in [-0.2, -0.15) is 0 Å². The predicted molar refractivity (Wildman–Crippen MR) is 73.2 cm³/mol. The Hall–Kier alpha value is -1.39. The zero-order valence-corrected chi connectivity index (χ0v) is 11.4. The zero-order chi connectivity index (χ0) is 13.1. The van der Waals surface area contributed by atoms with Crippen LogP contribution >= 0.6 is 15.9 Å². The van der Waals surface area contributed by atoms with Gasteiger partial charge in [0.1, 0.15) is 17.3 Å². The highest BCUT2D eigenvalue weighted by molar-refractivity contribution is 9.10. The van der Waals surface area contributed by atoms with Gasteiger partial charge in [-0.15, -0.1) is 0 Å². The van der Waals surface area contributed by atoms with Crippen LogP contribution in [0, 0.1) is 5.82 Å². The second-order valence-electron chi connectivity index (χ2n) is 4.00. The van der Waals surface area contributed by atoms with E-state index in [2.05, 4.69) is 15.9 Å². The van der Waals surface area contributed by atoms with Crippen molar-refractivity contribution in [3.05, 3.63) is 58.3 Å². The minimum Gasteiger partial charge on any atom is -0.456 e. The van der Waals surface area contributed by atoms with Gasteiger partial charge in [-0.1, -0.05) is 18.2 Å². The standard InChI is InChI=1S/C14H13BrFNO/c1-9(17)11-4-2-3-5-13(11)18-14-8-10(16)6-7-12(14)15/h2-9H,17H2,1H3. The van der Waals surface area contributed by atoms with Gasteiger partial charge in [-0.05, 0) is 41.1 Å². The van der Waals surface area contributed by atoms with E-state index in [1.165, 1.54) is 12.1 Å². The number of hydrogen-bond donors (Lipinski definition) is 1. The Morgan fingerprint density at radius 3 is 2.61 bits per heavy atom. The van der Waals surface area contributed by atoms with E-state index in [1.807, 2.05) is 31.2 Å². The first-order chi connectivity index (χ1) is 8.58. The highest BCUT2D eigenvalue weighted by Gasteiger charge is 2.10. The molecular weight excluding hydrogens is 297 g/mol. The second-order valence-corrected chi connectivity index (χ2v) is 4.86. The molecule has 2 nitrogen and oxygen atoms in total. The Kier molecular flexibility index (Phi) is 3.99. The Morgan fingerprint density at radius 2 is 1.89 bits per heavy atom. The molecule has 0 aliphatic carbocycles. The van der Waals surface area contributed by atoms with Crippen molar-refractivity contribution < 1.29 is 9.13 Å². The van der Waals surface area contributed by atoms with Crippen LogP contribution in [0.5, 0.6) is 11.5 Å². The van der Waals surface area contributed by atoms with E-state index in [-0.39, 0.29) is 11.9 Å². The lowest BCUT2D eigenvalue weighted by Gasteiger charge is -2.14. The molecule has 0 bridgehead atoms. The van der Waals surface area contributed by atoms with Crippen LogP contribution in [0.4, 0.5) is 4.39 Å². The van der Waals surface area contributed by atoms with Crippen molar-refractivity contribution in [2.24, 2.45) is 5.73 Å². The maximum Gasteiger partial charge on any atom is 0.144 e. The molecule has 94 valence electrons. The van der Waals surface area contributed by atoms with E-state index in [0.717, 1.165) is 5.56 Å². The first-order valence-corrected chi connectivity index (χ1v) is 6.34. The predicted octanol–water partition coefficient (Wildman–Crippen LogP) is 4.40. The molecule has 0 amide bonds. The van der Waals surface area contributed by atoms with Gasteiger partial charge in [-0.25, -0.2) is 4.39 Å². The highest BCUT2D eigenvalue weighted by Crippen LogP contribution is 2.33. The maximum atomic E-state index is 13.2. The molecular formula is C14H13BrFNO. The van der Waals surface area contributed by atoms with Crippen LogP contribution in [0.2, 0.25) is 0 Å². The van der Waals surface area contributed by atoms with Gasteiger partial charge in [0.15, 0.2) is 0 Å². The summed E-state index contributed by atoms with van der Waals surface area (Å²) in [6.07, 6.45) is 0. The van der Waals surface area contributed by atoms with E-state index in [1.54, 1.807) is 6.07 Å². The molecule has 0 saturated heterocycles. The van der Waals surface area contributed by atoms with Gasteiger partial charge in [0.2, 0.25) is 0 Å². The molecule has 18 heavy (non-hydrogen) atoms. The molecule has 0 radical (unpaired) electrons. The fourth-order valence-electron chi connectivity index (χ4n) is 1.62. The van der Waals surface area contributed by atoms with Crippen LogP contribution in [0.15, 0.2) is 46.9 Å². The van der Waals surface area contributed by atoms with E-state index in [4.69, 9.17) is 10.5 Å². The summed E-state index contributed by atoms with van der Waals surface area (Å²) in [5.41, 5.74) is 6.75. The minimum absolute atomic E-state index is 0.145. The van der Waals surface area contributed by atoms with E-state index >= 15 is 0 Å². The first-order valence-electron chi connectivity index (χ1n) is 5.55. The van der Waals surface area contributed by atoms with Gasteiger partial charge >= 0.3 is 0 Å². The average molecular weight is 310 g/mol. The molecule has 4 heteroatoms. The normalized spacial score (nSPS) is 12.2. The van der Waals surface area contributed by atoms with Crippen molar-refractivity contribution in [2.75, 3.05) is 0 Å². The summed E-state index contributed by atoms with van der Waals surface area (Å²) < 4.78 is 19.6. The number of nitrogens with two attached hydrogens (primary N) is 1. The Labute approximate surface area is 114 Å². The lowest BCUT2D eigenvalue weighted by atomic mass is 10.1. The van der Waals surface area contributed by atoms with Crippen molar-refractivity contribution in [1.82, 2.24) is 0 Å². The molecule has 2 N–H and O–H groups in total. The molecule has 0 heterocycles. The van der Waals surface area contributed by atoms with Crippen molar-refractivity contribution >= 4 is 15.9 Å². The summed E-state index contributed by atoms with van der Waals surface area (Å²) in [7, 11) is 0. The minimum atomic E-state index is -0.341. The molecule has 0 aromatic heterocycles. The topological polar surface area (TPSA) is 35.2 Å². The van der Waals surface area contributed by atoms with Crippen LogP contribution in [-0.4, -0.2) is 0 Å². The summed E-state index contributed by atoms with van der Waals surface area (Å²) in [5.74, 6) is 0.730. The monoisotopic (exact) mass is 309 g/mol. The van der Waals surface area contributed by atoms with E-state index in [0.29, 0.717) is 16.0 Å². The second kappa shape index (κ2) is 5.50. The van der Waals surface area contributed by atoms with Gasteiger partial charge in [0.25, 0.3) is 0 Å². The van der Waals surface area contributed by atoms with Crippen LogP contribution in [0.25, 0.3) is 0 Å². The number of halogens is 2. The number of rotatable bonds is 3. The smallest absolute Gasteiger partial charge is 0.144 e. The molecule has 2 aromatic carbocycles. The third-order valence-corrected chi connectivity index (χ3v) is 3.18. The third-order valence-electron chi connectivity index (χ3n) is 2.52. The third kappa shape index (κ3) is 2.89. The van der Waals surface area contributed by atoms with Crippen molar-refractivity contribution in [2.45, 2.75) is 13.0 Å². The molecule has 0 aliphatic rings. The molecule has 0 saturated carbocycles. The van der Waals surface area contributed by atoms with Gasteiger partial charge in [0.05, 0.1) is 4.47 Å². The maximum absolute atomic E-state index is 13.2. The molecule has 2 aromatic rings. The van der Waals surface area contributed by atoms with E-state index < -0.39 is 0 Å². The first kappa shape index (κ1) is 13.1. The van der Waals surface area contributed by atoms with Gasteiger partial charge in [-0.3, -0.25) is 0 Å². The van der Waals surface area contributed by atoms with Crippen molar-refractivity contribution in [3.8, 4) is 11.5 Å². The van der Waals surface area contributed by atoms with Gasteiger partial charge < -0.3 is 10.5 Å². The van der Waals surface area contributed by atoms with Crippen LogP contribution in [0.3, 0.4) is 0 Å². The molecule has 1 unspecified atom stereocenters. The molecule has 0 spiro atoms. The summed E-state index contributed by atoms with van der Waals surface area (Å²) in [6, 6.07) is 11.6. The Bertz CT molecular complexity index is 557. The Balaban J connectivity index is 2.37. The molecule has 2 rings (SSSR count). The number of benzene rings is 2. The zero-order valence-electron chi connectivity index (χ0n) is 9.86. The van der Waals surface area contributed by atoms with Gasteiger partial charge in [0, 0.05) is 17.7 Å². The molecule has 0 aliphatic heterocycles. The Morgan fingerprint density at radius 1 is 1.17 bits per heavy atom. The fourth-order valence-corrected chi connectivity index (χ4v) is 1.95. The summed E-state index contributed by atoms with van der Waals surface area (Å²) in [4.78, 5) is 0. The van der Waals surface area contributed by atoms with Crippen LogP contribution in [-0.2, 0) is 0 Å².